The van der Waals surface area contributed by atoms with E-state index < -0.39 is 0 Å². The predicted molar refractivity (Wildman–Crippen MR) is 77.0 cm³/mol. The molecule has 1 atom stereocenters. The van der Waals surface area contributed by atoms with E-state index in [1.54, 1.807) is 24.3 Å². The Hall–Kier alpha value is -1.26. The molecule has 0 amide bonds. The number of benzene rings is 1. The van der Waals surface area contributed by atoms with Crippen LogP contribution in [-0.4, -0.2) is 11.5 Å². The molecule has 1 aromatic carbocycles. The first kappa shape index (κ1) is 12.8. The summed E-state index contributed by atoms with van der Waals surface area (Å²) < 4.78 is 14.2. The van der Waals surface area contributed by atoms with Gasteiger partial charge >= 0.3 is 0 Å². The fourth-order valence-corrected chi connectivity index (χ4v) is 3.87. The molecule has 2 nitrogen and oxygen atoms in total. The van der Waals surface area contributed by atoms with Gasteiger partial charge in [-0.25, -0.2) is 9.37 Å². The highest BCUT2D eigenvalue weighted by atomic mass is 32.1. The maximum Gasteiger partial charge on any atom is 0.136 e. The van der Waals surface area contributed by atoms with Gasteiger partial charge in [-0.3, -0.25) is 0 Å². The number of halogens is 1. The van der Waals surface area contributed by atoms with Crippen molar-refractivity contribution in [3.63, 3.8) is 0 Å². The van der Waals surface area contributed by atoms with Crippen LogP contribution < -0.4 is 5.73 Å². The Morgan fingerprint density at radius 1 is 1.47 bits per heavy atom. The molecule has 1 unspecified atom stereocenters. The molecule has 1 aromatic heterocycles. The minimum atomic E-state index is -0.155. The molecule has 0 spiro atoms. The topological polar surface area (TPSA) is 38.9 Å². The van der Waals surface area contributed by atoms with E-state index >= 15 is 0 Å². The Bertz CT molecular complexity index is 606. The van der Waals surface area contributed by atoms with Gasteiger partial charge in [0, 0.05) is 22.9 Å². The van der Waals surface area contributed by atoms with Crippen LogP contribution in [0, 0.1) is 12.7 Å². The second-order valence-electron chi connectivity index (χ2n) is 5.09. The maximum absolute atomic E-state index is 14.2. The lowest BCUT2D eigenvalue weighted by Crippen LogP contribution is -2.17. The number of hydrogen-bond donors (Lipinski definition) is 1. The highest BCUT2D eigenvalue weighted by Crippen LogP contribution is 2.38. The molecule has 0 saturated carbocycles. The van der Waals surface area contributed by atoms with E-state index in [0.29, 0.717) is 23.6 Å². The molecular formula is C15H17FN2S. The number of aryl methyl sites for hydroxylation is 2. The number of aromatic nitrogens is 1. The third-order valence-electron chi connectivity index (χ3n) is 3.78. The van der Waals surface area contributed by atoms with Gasteiger partial charge in [0.25, 0.3) is 0 Å². The van der Waals surface area contributed by atoms with E-state index in [0.717, 1.165) is 30.0 Å². The van der Waals surface area contributed by atoms with Crippen molar-refractivity contribution < 1.29 is 4.39 Å². The van der Waals surface area contributed by atoms with Crippen molar-refractivity contribution in [2.45, 2.75) is 32.1 Å². The zero-order chi connectivity index (χ0) is 13.4. The van der Waals surface area contributed by atoms with Crippen LogP contribution in [-0.2, 0) is 6.42 Å². The number of rotatable bonds is 2. The van der Waals surface area contributed by atoms with Crippen molar-refractivity contribution in [2.75, 3.05) is 6.54 Å². The van der Waals surface area contributed by atoms with Gasteiger partial charge in [-0.05, 0) is 37.8 Å². The Balaban J connectivity index is 2.07. The van der Waals surface area contributed by atoms with Gasteiger partial charge in [0.05, 0.1) is 5.69 Å². The molecule has 0 bridgehead atoms. The molecule has 19 heavy (non-hydrogen) atoms. The van der Waals surface area contributed by atoms with Crippen LogP contribution in [0.3, 0.4) is 0 Å². The zero-order valence-corrected chi connectivity index (χ0v) is 11.8. The van der Waals surface area contributed by atoms with Gasteiger partial charge in [0.1, 0.15) is 10.8 Å². The summed E-state index contributed by atoms with van der Waals surface area (Å²) in [6.45, 7) is 2.42. The minimum Gasteiger partial charge on any atom is -0.330 e. The lowest BCUT2D eigenvalue weighted by atomic mass is 9.91. The number of fused-ring (bicyclic) bond motifs is 1. The maximum atomic E-state index is 14.2. The van der Waals surface area contributed by atoms with Crippen molar-refractivity contribution in [2.24, 2.45) is 5.73 Å². The Morgan fingerprint density at radius 2 is 2.32 bits per heavy atom. The number of nitrogens with two attached hydrogens (primary N) is 1. The number of nitrogens with zero attached hydrogens (tertiary/aromatic N) is 1. The smallest absolute Gasteiger partial charge is 0.136 e. The molecular weight excluding hydrogens is 259 g/mol. The summed E-state index contributed by atoms with van der Waals surface area (Å²) in [5.74, 6) is 0.194. The quantitative estimate of drug-likeness (QED) is 0.909. The van der Waals surface area contributed by atoms with Crippen molar-refractivity contribution in [1.29, 1.82) is 0 Å². The van der Waals surface area contributed by atoms with Gasteiger partial charge in [0.2, 0.25) is 0 Å². The molecule has 1 heterocycles. The fourth-order valence-electron chi connectivity index (χ4n) is 2.66. The van der Waals surface area contributed by atoms with Gasteiger partial charge in [-0.1, -0.05) is 12.1 Å². The van der Waals surface area contributed by atoms with E-state index in [1.807, 2.05) is 12.1 Å². The Kier molecular flexibility index (Phi) is 3.37. The molecule has 100 valence electrons. The van der Waals surface area contributed by atoms with E-state index in [1.165, 1.54) is 4.88 Å². The van der Waals surface area contributed by atoms with Crippen molar-refractivity contribution in [3.8, 4) is 10.6 Å². The van der Waals surface area contributed by atoms with Gasteiger partial charge in [-0.2, -0.15) is 0 Å². The second-order valence-corrected chi connectivity index (χ2v) is 6.17. The van der Waals surface area contributed by atoms with Crippen LogP contribution >= 0.6 is 11.3 Å². The van der Waals surface area contributed by atoms with Crippen LogP contribution in [0.1, 0.15) is 34.9 Å². The highest BCUT2D eigenvalue weighted by Gasteiger charge is 2.24. The molecule has 1 aliphatic carbocycles. The molecule has 0 radical (unpaired) electrons. The van der Waals surface area contributed by atoms with E-state index in [-0.39, 0.29) is 5.82 Å². The van der Waals surface area contributed by atoms with Crippen molar-refractivity contribution >= 4 is 11.3 Å². The summed E-state index contributed by atoms with van der Waals surface area (Å²) in [5, 5.41) is 0.798. The van der Waals surface area contributed by atoms with Gasteiger partial charge in [-0.15, -0.1) is 11.3 Å². The van der Waals surface area contributed by atoms with Crippen LogP contribution in [0.2, 0.25) is 0 Å². The first-order chi connectivity index (χ1) is 9.20. The average molecular weight is 276 g/mol. The molecule has 0 fully saturated rings. The number of thiazole rings is 1. The van der Waals surface area contributed by atoms with Gasteiger partial charge < -0.3 is 5.73 Å². The summed E-state index contributed by atoms with van der Waals surface area (Å²) in [7, 11) is 0. The number of hydrogen-bond acceptors (Lipinski definition) is 3. The summed E-state index contributed by atoms with van der Waals surface area (Å²) in [6, 6.07) is 5.48. The van der Waals surface area contributed by atoms with E-state index in [9.17, 15) is 4.39 Å². The Morgan fingerprint density at radius 3 is 3.11 bits per heavy atom. The third kappa shape index (κ3) is 2.19. The molecule has 1 aliphatic rings. The minimum absolute atomic E-state index is 0.155. The highest BCUT2D eigenvalue weighted by molar-refractivity contribution is 7.15. The Labute approximate surface area is 116 Å². The average Bonchev–Trinajstić information content (AvgIpc) is 2.85. The van der Waals surface area contributed by atoms with Crippen molar-refractivity contribution in [3.05, 3.63) is 40.2 Å². The first-order valence-electron chi connectivity index (χ1n) is 6.66. The van der Waals surface area contributed by atoms with Crippen molar-refractivity contribution in [1.82, 2.24) is 4.98 Å². The van der Waals surface area contributed by atoms with E-state index in [4.69, 9.17) is 5.73 Å². The van der Waals surface area contributed by atoms with Crippen LogP contribution in [0.5, 0.6) is 0 Å². The normalized spacial score (nSPS) is 18.4. The molecule has 2 N–H and O–H groups in total. The molecule has 3 rings (SSSR count). The lowest BCUT2D eigenvalue weighted by molar-refractivity contribution is 0.554. The monoisotopic (exact) mass is 276 g/mol. The fraction of sp³-hybridized carbons (Fsp3) is 0.400. The zero-order valence-electron chi connectivity index (χ0n) is 10.9. The standard InChI is InChI=1S/C15H17FN2S/c1-9-4-2-6-11(13(9)16)15-18-14-10(8-17)5-3-7-12(14)19-15/h2,4,6,10H,3,5,7-8,17H2,1H3. The third-order valence-corrected chi connectivity index (χ3v) is 4.94. The summed E-state index contributed by atoms with van der Waals surface area (Å²) in [4.78, 5) is 5.96. The summed E-state index contributed by atoms with van der Waals surface area (Å²) >= 11 is 1.62. The lowest BCUT2D eigenvalue weighted by Gasteiger charge is -2.18. The van der Waals surface area contributed by atoms with Crippen LogP contribution in [0.4, 0.5) is 4.39 Å². The van der Waals surface area contributed by atoms with E-state index in [2.05, 4.69) is 4.98 Å². The summed E-state index contributed by atoms with van der Waals surface area (Å²) in [5.41, 5.74) is 8.20. The molecule has 2 aromatic rings. The van der Waals surface area contributed by atoms with Crippen LogP contribution in [0.15, 0.2) is 18.2 Å². The largest absolute Gasteiger partial charge is 0.330 e. The second kappa shape index (κ2) is 5.02. The molecule has 4 heteroatoms. The summed E-state index contributed by atoms with van der Waals surface area (Å²) in [6.07, 6.45) is 3.31. The molecule has 0 saturated heterocycles. The molecule has 0 aliphatic heterocycles. The first-order valence-corrected chi connectivity index (χ1v) is 7.47. The SMILES string of the molecule is Cc1cccc(-c2nc3c(s2)CCCC3CN)c1F. The predicted octanol–water partition coefficient (Wildman–Crippen LogP) is 3.64. The van der Waals surface area contributed by atoms with Gasteiger partial charge in [0.15, 0.2) is 0 Å². The van der Waals surface area contributed by atoms with Crippen LogP contribution in [0.25, 0.3) is 10.6 Å².